The Morgan fingerprint density at radius 2 is 1.70 bits per heavy atom. The van der Waals surface area contributed by atoms with Crippen molar-refractivity contribution in [1.29, 1.82) is 0 Å². The predicted octanol–water partition coefficient (Wildman–Crippen LogP) is 3.92. The third-order valence-electron chi connectivity index (χ3n) is 4.96. The van der Waals surface area contributed by atoms with Gasteiger partial charge in [0.25, 0.3) is 0 Å². The lowest BCUT2D eigenvalue weighted by Crippen LogP contribution is -2.38. The molecule has 0 N–H and O–H groups in total. The first-order valence-electron chi connectivity index (χ1n) is 9.27. The summed E-state index contributed by atoms with van der Waals surface area (Å²) in [6.45, 7) is 1.66. The van der Waals surface area contributed by atoms with Crippen molar-refractivity contribution in [2.45, 2.75) is 31.8 Å². The highest BCUT2D eigenvalue weighted by atomic mass is 16.6. The number of benzene rings is 2. The van der Waals surface area contributed by atoms with Gasteiger partial charge in [0.05, 0.1) is 13.5 Å². The molecule has 0 radical (unpaired) electrons. The number of piperidine rings is 1. The smallest absolute Gasteiger partial charge is 0.410 e. The molecule has 1 heterocycles. The van der Waals surface area contributed by atoms with Crippen LogP contribution >= 0.6 is 0 Å². The summed E-state index contributed by atoms with van der Waals surface area (Å²) in [6.07, 6.45) is 1.82. The lowest BCUT2D eigenvalue weighted by molar-refractivity contribution is -0.139. The Hall–Kier alpha value is -2.82. The Bertz CT molecular complexity index is 767. The zero-order valence-corrected chi connectivity index (χ0v) is 15.6. The average Bonchev–Trinajstić information content (AvgIpc) is 2.73. The highest BCUT2D eigenvalue weighted by Crippen LogP contribution is 2.29. The number of hydrogen-bond acceptors (Lipinski definition) is 4. The van der Waals surface area contributed by atoms with Gasteiger partial charge < -0.3 is 14.4 Å². The molecule has 0 saturated carbocycles. The zero-order valence-electron chi connectivity index (χ0n) is 15.6. The number of carbonyl (C=O) groups excluding carboxylic acids is 2. The molecule has 0 atom stereocenters. The van der Waals surface area contributed by atoms with Gasteiger partial charge in [-0.1, -0.05) is 54.6 Å². The highest BCUT2D eigenvalue weighted by Gasteiger charge is 2.25. The van der Waals surface area contributed by atoms with Crippen LogP contribution in [0.1, 0.15) is 35.4 Å². The summed E-state index contributed by atoms with van der Waals surface area (Å²) in [5, 5.41) is 0. The van der Waals surface area contributed by atoms with Crippen LogP contribution in [0.2, 0.25) is 0 Å². The molecule has 0 aromatic heterocycles. The number of hydrogen-bond donors (Lipinski definition) is 0. The summed E-state index contributed by atoms with van der Waals surface area (Å²) < 4.78 is 10.2. The molecule has 5 nitrogen and oxygen atoms in total. The minimum absolute atomic E-state index is 0.233. The van der Waals surface area contributed by atoms with Crippen LogP contribution in [0.15, 0.2) is 54.6 Å². The second kappa shape index (κ2) is 9.21. The molecule has 1 amide bonds. The van der Waals surface area contributed by atoms with E-state index in [0.717, 1.165) is 24.0 Å². The van der Waals surface area contributed by atoms with Gasteiger partial charge in [-0.2, -0.15) is 0 Å². The lowest BCUT2D eigenvalue weighted by atomic mass is 9.88. The fourth-order valence-electron chi connectivity index (χ4n) is 3.40. The molecular weight excluding hydrogens is 342 g/mol. The van der Waals surface area contributed by atoms with Crippen LogP contribution in [-0.4, -0.2) is 37.2 Å². The first-order chi connectivity index (χ1) is 13.2. The Morgan fingerprint density at radius 1 is 1.00 bits per heavy atom. The van der Waals surface area contributed by atoms with Gasteiger partial charge in [-0.05, 0) is 35.4 Å². The molecule has 1 saturated heterocycles. The Balaban J connectivity index is 1.50. The van der Waals surface area contributed by atoms with Crippen molar-refractivity contribution in [2.24, 2.45) is 0 Å². The van der Waals surface area contributed by atoms with Crippen molar-refractivity contribution in [3.05, 3.63) is 71.3 Å². The summed E-state index contributed by atoms with van der Waals surface area (Å²) in [5.74, 6) is 0.156. The Labute approximate surface area is 159 Å². The molecule has 0 spiro atoms. The normalized spacial score (nSPS) is 14.6. The molecule has 0 aliphatic carbocycles. The SMILES string of the molecule is COC(=O)Cc1cccc(C2CCN(C(=O)OCc3ccccc3)CC2)c1. The zero-order chi connectivity index (χ0) is 19.1. The molecule has 5 heteroatoms. The van der Waals surface area contributed by atoms with Crippen LogP contribution in [0, 0.1) is 0 Å². The number of nitrogens with zero attached hydrogens (tertiary/aromatic N) is 1. The lowest BCUT2D eigenvalue weighted by Gasteiger charge is -2.31. The predicted molar refractivity (Wildman–Crippen MR) is 102 cm³/mol. The summed E-state index contributed by atoms with van der Waals surface area (Å²) in [5.41, 5.74) is 3.17. The van der Waals surface area contributed by atoms with Crippen LogP contribution in [0.3, 0.4) is 0 Å². The first kappa shape index (κ1) is 19.0. The first-order valence-corrected chi connectivity index (χ1v) is 9.27. The monoisotopic (exact) mass is 367 g/mol. The third-order valence-corrected chi connectivity index (χ3v) is 4.96. The minimum Gasteiger partial charge on any atom is -0.469 e. The van der Waals surface area contributed by atoms with Crippen molar-refractivity contribution in [3.63, 3.8) is 0 Å². The molecule has 1 fully saturated rings. The van der Waals surface area contributed by atoms with E-state index in [0.29, 0.717) is 25.6 Å². The van der Waals surface area contributed by atoms with Crippen LogP contribution in [0.25, 0.3) is 0 Å². The Morgan fingerprint density at radius 3 is 2.41 bits per heavy atom. The number of methoxy groups -OCH3 is 1. The second-order valence-corrected chi connectivity index (χ2v) is 6.80. The van der Waals surface area contributed by atoms with E-state index in [4.69, 9.17) is 9.47 Å². The second-order valence-electron chi connectivity index (χ2n) is 6.80. The topological polar surface area (TPSA) is 55.8 Å². The van der Waals surface area contributed by atoms with E-state index in [1.54, 1.807) is 4.90 Å². The number of esters is 1. The van der Waals surface area contributed by atoms with Crippen molar-refractivity contribution in [2.75, 3.05) is 20.2 Å². The molecule has 0 bridgehead atoms. The molecular formula is C22H25NO4. The summed E-state index contributed by atoms with van der Waals surface area (Å²) in [6, 6.07) is 17.8. The summed E-state index contributed by atoms with van der Waals surface area (Å²) in [7, 11) is 1.40. The van der Waals surface area contributed by atoms with Crippen molar-refractivity contribution in [1.82, 2.24) is 4.90 Å². The number of ether oxygens (including phenoxy) is 2. The van der Waals surface area contributed by atoms with Crippen LogP contribution in [-0.2, 0) is 27.3 Å². The van der Waals surface area contributed by atoms with Gasteiger partial charge in [0.2, 0.25) is 0 Å². The van der Waals surface area contributed by atoms with Crippen LogP contribution in [0.4, 0.5) is 4.79 Å². The summed E-state index contributed by atoms with van der Waals surface area (Å²) >= 11 is 0. The van der Waals surface area contributed by atoms with E-state index >= 15 is 0 Å². The van der Waals surface area contributed by atoms with Gasteiger partial charge in [0.15, 0.2) is 0 Å². The Kier molecular flexibility index (Phi) is 6.47. The molecule has 2 aromatic rings. The van der Waals surface area contributed by atoms with E-state index < -0.39 is 0 Å². The van der Waals surface area contributed by atoms with E-state index in [1.807, 2.05) is 42.5 Å². The largest absolute Gasteiger partial charge is 0.469 e. The van der Waals surface area contributed by atoms with E-state index in [2.05, 4.69) is 12.1 Å². The molecule has 3 rings (SSSR count). The van der Waals surface area contributed by atoms with Crippen molar-refractivity contribution in [3.8, 4) is 0 Å². The summed E-state index contributed by atoms with van der Waals surface area (Å²) in [4.78, 5) is 25.5. The third kappa shape index (κ3) is 5.33. The molecule has 2 aromatic carbocycles. The van der Waals surface area contributed by atoms with Crippen molar-refractivity contribution < 1.29 is 19.1 Å². The standard InChI is InChI=1S/C22H25NO4/c1-26-21(24)15-18-8-5-9-20(14-18)19-10-12-23(13-11-19)22(25)27-16-17-6-3-2-4-7-17/h2-9,14,19H,10-13,15-16H2,1H3. The fraction of sp³-hybridized carbons (Fsp3) is 0.364. The number of carbonyl (C=O) groups is 2. The molecule has 1 aliphatic heterocycles. The number of rotatable bonds is 5. The van der Waals surface area contributed by atoms with E-state index in [9.17, 15) is 9.59 Å². The van der Waals surface area contributed by atoms with Gasteiger partial charge in [0.1, 0.15) is 6.61 Å². The maximum absolute atomic E-state index is 12.3. The molecule has 0 unspecified atom stereocenters. The molecule has 142 valence electrons. The van der Waals surface area contributed by atoms with E-state index in [-0.39, 0.29) is 18.5 Å². The number of likely N-dealkylation sites (tertiary alicyclic amines) is 1. The van der Waals surface area contributed by atoms with Gasteiger partial charge in [-0.25, -0.2) is 4.79 Å². The number of amides is 1. The maximum atomic E-state index is 12.3. The van der Waals surface area contributed by atoms with Gasteiger partial charge >= 0.3 is 12.1 Å². The molecule has 27 heavy (non-hydrogen) atoms. The quantitative estimate of drug-likeness (QED) is 0.752. The minimum atomic E-state index is -0.253. The van der Waals surface area contributed by atoms with Gasteiger partial charge in [0, 0.05) is 13.1 Å². The molecule has 1 aliphatic rings. The van der Waals surface area contributed by atoms with E-state index in [1.165, 1.54) is 12.7 Å². The van der Waals surface area contributed by atoms with Crippen LogP contribution < -0.4 is 0 Å². The fourth-order valence-corrected chi connectivity index (χ4v) is 3.40. The van der Waals surface area contributed by atoms with Crippen LogP contribution in [0.5, 0.6) is 0 Å². The highest BCUT2D eigenvalue weighted by molar-refractivity contribution is 5.72. The van der Waals surface area contributed by atoms with Crippen molar-refractivity contribution >= 4 is 12.1 Å². The maximum Gasteiger partial charge on any atom is 0.410 e. The van der Waals surface area contributed by atoms with Gasteiger partial charge in [-0.15, -0.1) is 0 Å². The average molecular weight is 367 g/mol. The van der Waals surface area contributed by atoms with Gasteiger partial charge in [-0.3, -0.25) is 4.79 Å².